The third kappa shape index (κ3) is 3.63. The number of hydrogen-bond acceptors (Lipinski definition) is 3. The zero-order valence-corrected chi connectivity index (χ0v) is 10.8. The molecule has 0 aromatic rings. The third-order valence-electron chi connectivity index (χ3n) is 3.33. The van der Waals surface area contributed by atoms with E-state index in [1.165, 1.54) is 20.0 Å². The summed E-state index contributed by atoms with van der Waals surface area (Å²) in [5, 5.41) is 3.48. The third-order valence-corrected chi connectivity index (χ3v) is 3.33. The van der Waals surface area contributed by atoms with Crippen LogP contribution in [-0.2, 0) is 9.53 Å². The van der Waals surface area contributed by atoms with Crippen LogP contribution in [0.5, 0.6) is 0 Å². The highest BCUT2D eigenvalue weighted by Crippen LogP contribution is 2.38. The predicted octanol–water partition coefficient (Wildman–Crippen LogP) is 2.27. The number of carbonyl (C=O) groups excluding carboxylic acids is 1. The molecule has 0 bridgehead atoms. The van der Waals surface area contributed by atoms with Crippen molar-refractivity contribution in [1.82, 2.24) is 5.32 Å². The number of rotatable bonds is 6. The maximum atomic E-state index is 11.3. The number of hydrogen-bond donors (Lipinski definition) is 1. The van der Waals surface area contributed by atoms with E-state index in [1.807, 2.05) is 13.0 Å². The van der Waals surface area contributed by atoms with E-state index in [9.17, 15) is 4.79 Å². The Hall–Kier alpha value is -0.830. The standard InChI is InChI=1S/C13H23NO2/c1-5-10(12(15)16-4)8-9-14-13(2,3)11-6-7-11/h8,11,14H,5-7,9H2,1-4H3. The zero-order valence-electron chi connectivity index (χ0n) is 10.8. The molecule has 0 radical (unpaired) electrons. The summed E-state index contributed by atoms with van der Waals surface area (Å²) >= 11 is 0. The Balaban J connectivity index is 2.41. The van der Waals surface area contributed by atoms with Gasteiger partial charge in [0.05, 0.1) is 7.11 Å². The van der Waals surface area contributed by atoms with Crippen molar-refractivity contribution < 1.29 is 9.53 Å². The average Bonchev–Trinajstić information content (AvgIpc) is 3.07. The zero-order chi connectivity index (χ0) is 12.2. The Kier molecular flexibility index (Phi) is 4.54. The lowest BCUT2D eigenvalue weighted by atomic mass is 9.99. The lowest BCUT2D eigenvalue weighted by molar-refractivity contribution is -0.136. The van der Waals surface area contributed by atoms with E-state index in [0.717, 1.165) is 24.5 Å². The summed E-state index contributed by atoms with van der Waals surface area (Å²) in [6, 6.07) is 0. The molecule has 0 saturated heterocycles. The Morgan fingerprint density at radius 3 is 2.56 bits per heavy atom. The summed E-state index contributed by atoms with van der Waals surface area (Å²) in [6.45, 7) is 7.15. The lowest BCUT2D eigenvalue weighted by Crippen LogP contribution is -2.41. The van der Waals surface area contributed by atoms with E-state index < -0.39 is 0 Å². The van der Waals surface area contributed by atoms with Crippen molar-refractivity contribution in [3.05, 3.63) is 11.6 Å². The first-order valence-corrected chi connectivity index (χ1v) is 6.03. The van der Waals surface area contributed by atoms with Crippen LogP contribution in [0, 0.1) is 5.92 Å². The van der Waals surface area contributed by atoms with Crippen LogP contribution in [0.1, 0.15) is 40.0 Å². The van der Waals surface area contributed by atoms with Gasteiger partial charge in [-0.2, -0.15) is 0 Å². The maximum absolute atomic E-state index is 11.3. The van der Waals surface area contributed by atoms with Crippen molar-refractivity contribution in [2.75, 3.05) is 13.7 Å². The molecule has 0 spiro atoms. The van der Waals surface area contributed by atoms with Crippen LogP contribution in [-0.4, -0.2) is 25.2 Å². The molecule has 0 aliphatic heterocycles. The SMILES string of the molecule is CCC(=CCNC(C)(C)C1CC1)C(=O)OC. The van der Waals surface area contributed by atoms with Gasteiger partial charge in [0.2, 0.25) is 0 Å². The van der Waals surface area contributed by atoms with Crippen LogP contribution in [0.25, 0.3) is 0 Å². The Morgan fingerprint density at radius 1 is 1.50 bits per heavy atom. The minimum Gasteiger partial charge on any atom is -0.466 e. The smallest absolute Gasteiger partial charge is 0.333 e. The Labute approximate surface area is 98.2 Å². The van der Waals surface area contributed by atoms with Crippen LogP contribution in [0.3, 0.4) is 0 Å². The molecule has 0 aromatic carbocycles. The van der Waals surface area contributed by atoms with Crippen molar-refractivity contribution in [2.45, 2.75) is 45.6 Å². The van der Waals surface area contributed by atoms with Gasteiger partial charge in [-0.1, -0.05) is 13.0 Å². The molecule has 92 valence electrons. The van der Waals surface area contributed by atoms with E-state index >= 15 is 0 Å². The predicted molar refractivity (Wildman–Crippen MR) is 65.2 cm³/mol. The van der Waals surface area contributed by atoms with E-state index in [0.29, 0.717) is 0 Å². The molecule has 3 heteroatoms. The number of methoxy groups -OCH3 is 1. The van der Waals surface area contributed by atoms with Gasteiger partial charge in [0.1, 0.15) is 0 Å². The fraction of sp³-hybridized carbons (Fsp3) is 0.769. The maximum Gasteiger partial charge on any atom is 0.333 e. The number of nitrogens with one attached hydrogen (secondary N) is 1. The second kappa shape index (κ2) is 5.48. The minimum absolute atomic E-state index is 0.186. The van der Waals surface area contributed by atoms with Gasteiger partial charge in [0.15, 0.2) is 0 Å². The molecule has 1 fully saturated rings. The first-order valence-electron chi connectivity index (χ1n) is 6.03. The molecule has 16 heavy (non-hydrogen) atoms. The van der Waals surface area contributed by atoms with Gasteiger partial charge in [-0.25, -0.2) is 4.79 Å². The van der Waals surface area contributed by atoms with Crippen LogP contribution >= 0.6 is 0 Å². The molecular weight excluding hydrogens is 202 g/mol. The fourth-order valence-corrected chi connectivity index (χ4v) is 1.89. The molecule has 0 aromatic heterocycles. The number of esters is 1. The normalized spacial score (nSPS) is 17.4. The highest BCUT2D eigenvalue weighted by molar-refractivity contribution is 5.88. The van der Waals surface area contributed by atoms with E-state index in [2.05, 4.69) is 19.2 Å². The van der Waals surface area contributed by atoms with Crippen LogP contribution in [0.2, 0.25) is 0 Å². The second-order valence-corrected chi connectivity index (χ2v) is 4.95. The molecule has 1 N–H and O–H groups in total. The molecule has 0 unspecified atom stereocenters. The monoisotopic (exact) mass is 225 g/mol. The van der Waals surface area contributed by atoms with Crippen molar-refractivity contribution >= 4 is 5.97 Å². The van der Waals surface area contributed by atoms with Gasteiger partial charge in [0.25, 0.3) is 0 Å². The lowest BCUT2D eigenvalue weighted by Gasteiger charge is -2.25. The van der Waals surface area contributed by atoms with Crippen LogP contribution < -0.4 is 5.32 Å². The summed E-state index contributed by atoms with van der Waals surface area (Å²) in [4.78, 5) is 11.3. The van der Waals surface area contributed by atoms with Crippen molar-refractivity contribution in [2.24, 2.45) is 5.92 Å². The number of carbonyl (C=O) groups is 1. The molecule has 1 aliphatic rings. The minimum atomic E-state index is -0.214. The summed E-state index contributed by atoms with van der Waals surface area (Å²) in [5.41, 5.74) is 0.937. The topological polar surface area (TPSA) is 38.3 Å². The highest BCUT2D eigenvalue weighted by atomic mass is 16.5. The first kappa shape index (κ1) is 13.2. The van der Waals surface area contributed by atoms with Crippen molar-refractivity contribution in [1.29, 1.82) is 0 Å². The quantitative estimate of drug-likeness (QED) is 0.556. The second-order valence-electron chi connectivity index (χ2n) is 4.95. The summed E-state index contributed by atoms with van der Waals surface area (Å²) in [7, 11) is 1.42. The van der Waals surface area contributed by atoms with Gasteiger partial charge < -0.3 is 10.1 Å². The summed E-state index contributed by atoms with van der Waals surface area (Å²) < 4.78 is 4.71. The molecule has 0 amide bonds. The van der Waals surface area contributed by atoms with Gasteiger partial charge in [-0.15, -0.1) is 0 Å². The molecule has 1 saturated carbocycles. The molecular formula is C13H23NO2. The van der Waals surface area contributed by atoms with Crippen LogP contribution in [0.4, 0.5) is 0 Å². The van der Waals surface area contributed by atoms with Gasteiger partial charge >= 0.3 is 5.97 Å². The van der Waals surface area contributed by atoms with E-state index in [4.69, 9.17) is 4.74 Å². The average molecular weight is 225 g/mol. The molecule has 3 nitrogen and oxygen atoms in total. The first-order chi connectivity index (χ1) is 7.51. The molecule has 1 rings (SSSR count). The Morgan fingerprint density at radius 2 is 2.12 bits per heavy atom. The van der Waals surface area contributed by atoms with Crippen molar-refractivity contribution in [3.8, 4) is 0 Å². The summed E-state index contributed by atoms with van der Waals surface area (Å²) in [5.74, 6) is 0.581. The fourth-order valence-electron chi connectivity index (χ4n) is 1.89. The Bertz CT molecular complexity index is 278. The largest absolute Gasteiger partial charge is 0.466 e. The number of ether oxygens (including phenoxy) is 1. The van der Waals surface area contributed by atoms with Crippen LogP contribution in [0.15, 0.2) is 11.6 Å². The van der Waals surface area contributed by atoms with E-state index in [1.54, 1.807) is 0 Å². The molecule has 0 atom stereocenters. The van der Waals surface area contributed by atoms with Crippen molar-refractivity contribution in [3.63, 3.8) is 0 Å². The highest BCUT2D eigenvalue weighted by Gasteiger charge is 2.36. The van der Waals surface area contributed by atoms with Gasteiger partial charge in [0, 0.05) is 17.7 Å². The van der Waals surface area contributed by atoms with Gasteiger partial charge in [-0.05, 0) is 39.0 Å². The summed E-state index contributed by atoms with van der Waals surface area (Å²) in [6.07, 6.45) is 5.30. The molecule has 1 aliphatic carbocycles. The molecule has 0 heterocycles. The van der Waals surface area contributed by atoms with E-state index in [-0.39, 0.29) is 11.5 Å². The van der Waals surface area contributed by atoms with Gasteiger partial charge in [-0.3, -0.25) is 0 Å².